The molecule has 2 aliphatic heterocycles. The number of fused-ring (bicyclic) bond motifs is 1. The fraction of sp³-hybridized carbons (Fsp3) is 0.455. The average molecular weight is 410 g/mol. The van der Waals surface area contributed by atoms with E-state index in [9.17, 15) is 14.4 Å². The Balaban J connectivity index is 1.33. The second-order valence-corrected chi connectivity index (χ2v) is 7.99. The molecule has 0 radical (unpaired) electrons. The van der Waals surface area contributed by atoms with E-state index in [1.54, 1.807) is 23.2 Å². The minimum absolute atomic E-state index is 0.0114. The number of para-hydroxylation sites is 1. The summed E-state index contributed by atoms with van der Waals surface area (Å²) < 4.78 is 8.04. The lowest BCUT2D eigenvalue weighted by molar-refractivity contribution is -0.135. The summed E-state index contributed by atoms with van der Waals surface area (Å²) in [5, 5.41) is 7.03. The van der Waals surface area contributed by atoms with Gasteiger partial charge in [-0.15, -0.1) is 0 Å². The van der Waals surface area contributed by atoms with Crippen molar-refractivity contribution in [3.8, 4) is 5.75 Å². The van der Waals surface area contributed by atoms with Crippen LogP contribution < -0.4 is 10.1 Å². The maximum atomic E-state index is 12.6. The lowest BCUT2D eigenvalue weighted by Gasteiger charge is -2.37. The molecule has 4 rings (SSSR count). The van der Waals surface area contributed by atoms with E-state index < -0.39 is 5.60 Å². The van der Waals surface area contributed by atoms with Crippen LogP contribution in [0.25, 0.3) is 0 Å². The zero-order chi connectivity index (χ0) is 21.1. The van der Waals surface area contributed by atoms with Crippen molar-refractivity contribution in [1.29, 1.82) is 0 Å². The van der Waals surface area contributed by atoms with Crippen molar-refractivity contribution in [2.75, 3.05) is 19.6 Å². The third kappa shape index (κ3) is 4.22. The van der Waals surface area contributed by atoms with E-state index in [1.165, 1.54) is 0 Å². The van der Waals surface area contributed by atoms with Crippen molar-refractivity contribution in [2.24, 2.45) is 0 Å². The normalized spacial score (nSPS) is 21.2. The van der Waals surface area contributed by atoms with Crippen LogP contribution in [0.15, 0.2) is 36.5 Å². The molecule has 1 N–H and O–H groups in total. The van der Waals surface area contributed by atoms with Crippen LogP contribution in [0.3, 0.4) is 0 Å². The lowest BCUT2D eigenvalue weighted by atomic mass is 9.84. The van der Waals surface area contributed by atoms with Gasteiger partial charge in [-0.1, -0.05) is 12.1 Å². The first-order chi connectivity index (χ1) is 14.5. The summed E-state index contributed by atoms with van der Waals surface area (Å²) >= 11 is 0. The van der Waals surface area contributed by atoms with Crippen LogP contribution >= 0.6 is 0 Å². The summed E-state index contributed by atoms with van der Waals surface area (Å²) in [5.41, 5.74) is 0.951. The van der Waals surface area contributed by atoms with Gasteiger partial charge in [0.25, 0.3) is 0 Å². The van der Waals surface area contributed by atoms with E-state index in [0.29, 0.717) is 43.8 Å². The third-order valence-electron chi connectivity index (χ3n) is 5.89. The summed E-state index contributed by atoms with van der Waals surface area (Å²) in [5.74, 6) is 0.348. The molecular formula is C22H26N4O4. The molecule has 158 valence electrons. The lowest BCUT2D eigenvalue weighted by Crippen LogP contribution is -2.44. The number of ether oxygens (including phenoxy) is 1. The summed E-state index contributed by atoms with van der Waals surface area (Å²) in [6.45, 7) is 3.38. The minimum Gasteiger partial charge on any atom is -0.486 e. The van der Waals surface area contributed by atoms with Crippen LogP contribution in [0.4, 0.5) is 0 Å². The Labute approximate surface area is 175 Å². The van der Waals surface area contributed by atoms with Crippen molar-refractivity contribution >= 4 is 17.6 Å². The van der Waals surface area contributed by atoms with Gasteiger partial charge in [0.05, 0.1) is 25.1 Å². The molecule has 1 aromatic heterocycles. The summed E-state index contributed by atoms with van der Waals surface area (Å²) in [4.78, 5) is 39.1. The molecule has 3 heterocycles. The maximum Gasteiger partial charge on any atom is 0.239 e. The van der Waals surface area contributed by atoms with Gasteiger partial charge in [-0.3, -0.25) is 19.1 Å². The second kappa shape index (κ2) is 8.30. The first-order valence-electron chi connectivity index (χ1n) is 10.3. The number of nitrogens with zero attached hydrogens (tertiary/aromatic N) is 3. The molecule has 1 spiro atoms. The first-order valence-corrected chi connectivity index (χ1v) is 10.3. The number of carbonyl (C=O) groups excluding carboxylic acids is 3. The highest BCUT2D eigenvalue weighted by Gasteiger charge is 2.43. The Morgan fingerprint density at radius 2 is 2.07 bits per heavy atom. The fourth-order valence-electron chi connectivity index (χ4n) is 4.13. The minimum atomic E-state index is -0.677. The Kier molecular flexibility index (Phi) is 5.57. The highest BCUT2D eigenvalue weighted by Crippen LogP contribution is 2.39. The Bertz CT molecular complexity index is 970. The number of Topliss-reactive ketones (excluding diaryl/α,β-unsaturated/α-hetero) is 1. The number of aromatic nitrogens is 2. The van der Waals surface area contributed by atoms with Crippen LogP contribution in [0.2, 0.25) is 0 Å². The van der Waals surface area contributed by atoms with Gasteiger partial charge >= 0.3 is 0 Å². The van der Waals surface area contributed by atoms with Gasteiger partial charge < -0.3 is 15.0 Å². The van der Waals surface area contributed by atoms with Crippen molar-refractivity contribution < 1.29 is 19.1 Å². The number of rotatable bonds is 5. The Hall–Kier alpha value is -3.16. The summed E-state index contributed by atoms with van der Waals surface area (Å²) in [6.07, 6.45) is 3.25. The highest BCUT2D eigenvalue weighted by molar-refractivity contribution is 6.00. The molecule has 8 nitrogen and oxygen atoms in total. The van der Waals surface area contributed by atoms with E-state index in [0.717, 1.165) is 5.69 Å². The molecule has 2 aromatic rings. The smallest absolute Gasteiger partial charge is 0.239 e. The molecule has 1 atom stereocenters. The molecule has 1 unspecified atom stereocenters. The van der Waals surface area contributed by atoms with Gasteiger partial charge in [0.1, 0.15) is 11.4 Å². The maximum absolute atomic E-state index is 12.6. The monoisotopic (exact) mass is 410 g/mol. The molecule has 2 aliphatic rings. The number of likely N-dealkylation sites (tertiary alicyclic amines) is 1. The van der Waals surface area contributed by atoms with E-state index in [-0.39, 0.29) is 37.0 Å². The summed E-state index contributed by atoms with van der Waals surface area (Å²) in [6, 6.07) is 9.14. The standard InChI is InChI=1S/C22H26N4O4/c1-16-7-10-24-26(16)13-11-23-20(28)15-25-12-9-22(8-6-21(25)29)14-18(27)17-4-2-3-5-19(17)30-22/h2-5,7,10H,6,8-9,11-15H2,1H3,(H,23,28). The van der Waals surface area contributed by atoms with Crippen LogP contribution in [0.1, 0.15) is 41.7 Å². The van der Waals surface area contributed by atoms with Crippen LogP contribution in [0.5, 0.6) is 5.75 Å². The number of amides is 2. The van der Waals surface area contributed by atoms with E-state index in [2.05, 4.69) is 10.4 Å². The molecule has 2 amide bonds. The quantitative estimate of drug-likeness (QED) is 0.810. The largest absolute Gasteiger partial charge is 0.486 e. The Morgan fingerprint density at radius 1 is 1.23 bits per heavy atom. The van der Waals surface area contributed by atoms with Gasteiger partial charge in [-0.2, -0.15) is 5.10 Å². The molecular weight excluding hydrogens is 384 g/mol. The van der Waals surface area contributed by atoms with Crippen LogP contribution in [0, 0.1) is 6.92 Å². The van der Waals surface area contributed by atoms with Crippen molar-refractivity contribution in [3.63, 3.8) is 0 Å². The van der Waals surface area contributed by atoms with E-state index in [1.807, 2.05) is 29.8 Å². The molecule has 1 fully saturated rings. The number of hydrogen-bond acceptors (Lipinski definition) is 5. The molecule has 0 saturated carbocycles. The van der Waals surface area contributed by atoms with Gasteiger partial charge in [0.2, 0.25) is 11.8 Å². The van der Waals surface area contributed by atoms with Crippen LogP contribution in [-0.2, 0) is 16.1 Å². The fourth-order valence-corrected chi connectivity index (χ4v) is 4.13. The molecule has 8 heteroatoms. The van der Waals surface area contributed by atoms with Crippen molar-refractivity contribution in [2.45, 2.75) is 44.8 Å². The number of aryl methyl sites for hydroxylation is 1. The van der Waals surface area contributed by atoms with Crippen LogP contribution in [-0.4, -0.2) is 57.5 Å². The zero-order valence-corrected chi connectivity index (χ0v) is 17.1. The topological polar surface area (TPSA) is 93.5 Å². The third-order valence-corrected chi connectivity index (χ3v) is 5.89. The number of nitrogens with one attached hydrogen (secondary N) is 1. The van der Waals surface area contributed by atoms with Gasteiger partial charge in [0, 0.05) is 37.8 Å². The molecule has 0 bridgehead atoms. The first kappa shape index (κ1) is 20.1. The number of ketones is 1. The van der Waals surface area contributed by atoms with E-state index >= 15 is 0 Å². The number of carbonyl (C=O) groups is 3. The number of benzene rings is 1. The second-order valence-electron chi connectivity index (χ2n) is 7.99. The van der Waals surface area contributed by atoms with Gasteiger partial charge in [-0.05, 0) is 31.5 Å². The molecule has 1 aromatic carbocycles. The molecule has 0 aliphatic carbocycles. The predicted octanol–water partition coefficient (Wildman–Crippen LogP) is 1.72. The predicted molar refractivity (Wildman–Crippen MR) is 109 cm³/mol. The molecule has 1 saturated heterocycles. The molecule has 30 heavy (non-hydrogen) atoms. The SMILES string of the molecule is Cc1ccnn1CCNC(=O)CN1CCC2(CCC1=O)CC(=O)c1ccccc1O2. The average Bonchev–Trinajstić information content (AvgIpc) is 3.08. The van der Waals surface area contributed by atoms with Crippen molar-refractivity contribution in [1.82, 2.24) is 20.0 Å². The van der Waals surface area contributed by atoms with E-state index in [4.69, 9.17) is 4.74 Å². The summed E-state index contributed by atoms with van der Waals surface area (Å²) in [7, 11) is 0. The van der Waals surface area contributed by atoms with Gasteiger partial charge in [-0.25, -0.2) is 0 Å². The zero-order valence-electron chi connectivity index (χ0n) is 17.1. The van der Waals surface area contributed by atoms with Gasteiger partial charge in [0.15, 0.2) is 5.78 Å². The number of hydrogen-bond donors (Lipinski definition) is 1. The highest BCUT2D eigenvalue weighted by atomic mass is 16.5. The Morgan fingerprint density at radius 3 is 2.87 bits per heavy atom. The van der Waals surface area contributed by atoms with Crippen molar-refractivity contribution in [3.05, 3.63) is 47.8 Å².